The number of phenols is 1. The molecule has 0 fully saturated rings. The van der Waals surface area contributed by atoms with Gasteiger partial charge in [0.2, 0.25) is 5.82 Å². The van der Waals surface area contributed by atoms with Gasteiger partial charge in [-0.15, -0.1) is 0 Å². The Morgan fingerprint density at radius 3 is 2.80 bits per heavy atom. The Kier molecular flexibility index (Phi) is 3.08. The first-order valence-electron chi connectivity index (χ1n) is 5.76. The Morgan fingerprint density at radius 1 is 1.20 bits per heavy atom. The number of nitrogens with zero attached hydrogens (tertiary/aromatic N) is 4. The predicted octanol–water partition coefficient (Wildman–Crippen LogP) is 2.86. The molecule has 0 unspecified atom stereocenters. The average molecular weight is 289 g/mol. The fraction of sp³-hybridized carbons (Fsp3) is 0.0769. The van der Waals surface area contributed by atoms with Crippen molar-refractivity contribution in [2.75, 3.05) is 0 Å². The maximum Gasteiger partial charge on any atom is 0.258 e. The number of benzene rings is 1. The summed E-state index contributed by atoms with van der Waals surface area (Å²) in [6, 6.07) is 6.37. The summed E-state index contributed by atoms with van der Waals surface area (Å²) in [5.41, 5.74) is 1.20. The fourth-order valence-corrected chi connectivity index (χ4v) is 1.85. The van der Waals surface area contributed by atoms with Crippen molar-refractivity contribution in [3.05, 3.63) is 41.3 Å². The summed E-state index contributed by atoms with van der Waals surface area (Å²) in [6.45, 7) is 1.78. The van der Waals surface area contributed by atoms with E-state index in [1.165, 1.54) is 6.07 Å². The minimum atomic E-state index is 0.00146. The van der Waals surface area contributed by atoms with E-state index in [0.717, 1.165) is 0 Å². The molecule has 7 heteroatoms. The monoisotopic (exact) mass is 288 g/mol. The standard InChI is InChI=1S/C13H9ClN4O2/c1-7-15-5-4-10(16-7)12-17-13(20-18-12)8-2-3-11(19)9(14)6-8/h2-6,19H,1H3. The van der Waals surface area contributed by atoms with Gasteiger partial charge in [-0.25, -0.2) is 9.97 Å². The molecule has 100 valence electrons. The molecule has 1 N–H and O–H groups in total. The van der Waals surface area contributed by atoms with E-state index < -0.39 is 0 Å². The van der Waals surface area contributed by atoms with Crippen LogP contribution < -0.4 is 0 Å². The molecule has 20 heavy (non-hydrogen) atoms. The molecule has 0 aliphatic rings. The third-order valence-corrected chi connectivity index (χ3v) is 2.93. The van der Waals surface area contributed by atoms with Crippen LogP contribution >= 0.6 is 11.6 Å². The minimum absolute atomic E-state index is 0.00146. The first-order chi connectivity index (χ1) is 9.63. The Balaban J connectivity index is 1.99. The number of hydrogen-bond acceptors (Lipinski definition) is 6. The SMILES string of the molecule is Cc1nccc(-c2noc(-c3ccc(O)c(Cl)c3)n2)n1. The van der Waals surface area contributed by atoms with Crippen molar-refractivity contribution < 1.29 is 9.63 Å². The van der Waals surface area contributed by atoms with Crippen LogP contribution in [0.1, 0.15) is 5.82 Å². The van der Waals surface area contributed by atoms with E-state index in [2.05, 4.69) is 20.1 Å². The van der Waals surface area contributed by atoms with Crippen molar-refractivity contribution in [3.63, 3.8) is 0 Å². The summed E-state index contributed by atoms with van der Waals surface area (Å²) in [4.78, 5) is 12.5. The molecular formula is C13H9ClN4O2. The van der Waals surface area contributed by atoms with E-state index in [9.17, 15) is 5.11 Å². The van der Waals surface area contributed by atoms with Gasteiger partial charge in [0, 0.05) is 11.8 Å². The third kappa shape index (κ3) is 2.33. The molecule has 0 aliphatic carbocycles. The summed E-state index contributed by atoms with van der Waals surface area (Å²) >= 11 is 5.85. The van der Waals surface area contributed by atoms with Crippen LogP contribution in [-0.4, -0.2) is 25.2 Å². The zero-order chi connectivity index (χ0) is 14.1. The molecule has 0 atom stereocenters. The zero-order valence-corrected chi connectivity index (χ0v) is 11.2. The number of hydrogen-bond donors (Lipinski definition) is 1. The second-order valence-electron chi connectivity index (χ2n) is 4.08. The highest BCUT2D eigenvalue weighted by Crippen LogP contribution is 2.29. The summed E-state index contributed by atoms with van der Waals surface area (Å²) in [6.07, 6.45) is 1.63. The Bertz CT molecular complexity index is 773. The van der Waals surface area contributed by atoms with Crippen LogP contribution in [-0.2, 0) is 0 Å². The highest BCUT2D eigenvalue weighted by molar-refractivity contribution is 6.32. The lowest BCUT2D eigenvalue weighted by atomic mass is 10.2. The van der Waals surface area contributed by atoms with Crippen LogP contribution in [0.15, 0.2) is 35.0 Å². The first kappa shape index (κ1) is 12.6. The van der Waals surface area contributed by atoms with Gasteiger partial charge in [-0.1, -0.05) is 16.8 Å². The molecule has 3 aromatic rings. The van der Waals surface area contributed by atoms with Crippen molar-refractivity contribution >= 4 is 11.6 Å². The number of halogens is 1. The summed E-state index contributed by atoms with van der Waals surface area (Å²) in [7, 11) is 0. The summed E-state index contributed by atoms with van der Waals surface area (Å²) < 4.78 is 5.18. The van der Waals surface area contributed by atoms with E-state index in [0.29, 0.717) is 28.8 Å². The topological polar surface area (TPSA) is 84.9 Å². The van der Waals surface area contributed by atoms with Gasteiger partial charge in [0.25, 0.3) is 5.89 Å². The molecule has 0 saturated heterocycles. The second-order valence-corrected chi connectivity index (χ2v) is 4.49. The van der Waals surface area contributed by atoms with Crippen molar-refractivity contribution in [2.24, 2.45) is 0 Å². The predicted molar refractivity (Wildman–Crippen MR) is 72.2 cm³/mol. The molecule has 3 rings (SSSR count). The van der Waals surface area contributed by atoms with E-state index in [1.807, 2.05) is 0 Å². The molecule has 0 amide bonds. The fourth-order valence-electron chi connectivity index (χ4n) is 1.67. The van der Waals surface area contributed by atoms with Crippen molar-refractivity contribution in [1.29, 1.82) is 0 Å². The van der Waals surface area contributed by atoms with Gasteiger partial charge in [-0.2, -0.15) is 4.98 Å². The second kappa shape index (κ2) is 4.90. The molecule has 1 aromatic carbocycles. The summed E-state index contributed by atoms with van der Waals surface area (Å²) in [5.74, 6) is 1.30. The van der Waals surface area contributed by atoms with Gasteiger partial charge in [0.05, 0.1) is 5.02 Å². The minimum Gasteiger partial charge on any atom is -0.506 e. The number of phenolic OH excluding ortho intramolecular Hbond substituents is 1. The maximum atomic E-state index is 9.39. The van der Waals surface area contributed by atoms with Gasteiger partial charge in [0.1, 0.15) is 17.3 Å². The van der Waals surface area contributed by atoms with Crippen molar-refractivity contribution in [3.8, 4) is 28.7 Å². The lowest BCUT2D eigenvalue weighted by molar-refractivity contribution is 0.432. The van der Waals surface area contributed by atoms with Crippen LogP contribution in [0.3, 0.4) is 0 Å². The Morgan fingerprint density at radius 2 is 2.05 bits per heavy atom. The van der Waals surface area contributed by atoms with Gasteiger partial charge in [-0.05, 0) is 31.2 Å². The summed E-state index contributed by atoms with van der Waals surface area (Å²) in [5, 5.41) is 13.5. The van der Waals surface area contributed by atoms with Gasteiger partial charge in [-0.3, -0.25) is 0 Å². The molecule has 6 nitrogen and oxygen atoms in total. The largest absolute Gasteiger partial charge is 0.506 e. The van der Waals surface area contributed by atoms with Crippen LogP contribution in [0.2, 0.25) is 5.02 Å². The molecule has 0 radical (unpaired) electrons. The van der Waals surface area contributed by atoms with Crippen LogP contribution in [0.5, 0.6) is 5.75 Å². The normalized spacial score (nSPS) is 10.7. The van der Waals surface area contributed by atoms with Gasteiger partial charge in [0.15, 0.2) is 0 Å². The lowest BCUT2D eigenvalue weighted by Gasteiger charge is -1.97. The van der Waals surface area contributed by atoms with Crippen LogP contribution in [0.25, 0.3) is 23.0 Å². The number of aromatic hydroxyl groups is 1. The average Bonchev–Trinajstić information content (AvgIpc) is 2.92. The van der Waals surface area contributed by atoms with E-state index >= 15 is 0 Å². The molecule has 0 bridgehead atoms. The van der Waals surface area contributed by atoms with Crippen LogP contribution in [0, 0.1) is 6.92 Å². The lowest BCUT2D eigenvalue weighted by Crippen LogP contribution is -1.91. The number of aryl methyl sites for hydroxylation is 1. The van der Waals surface area contributed by atoms with Crippen molar-refractivity contribution in [2.45, 2.75) is 6.92 Å². The first-order valence-corrected chi connectivity index (χ1v) is 6.14. The van der Waals surface area contributed by atoms with Crippen molar-refractivity contribution in [1.82, 2.24) is 20.1 Å². The highest BCUT2D eigenvalue weighted by atomic mass is 35.5. The van der Waals surface area contributed by atoms with Crippen LogP contribution in [0.4, 0.5) is 0 Å². The molecular weight excluding hydrogens is 280 g/mol. The zero-order valence-electron chi connectivity index (χ0n) is 10.4. The van der Waals surface area contributed by atoms with E-state index in [-0.39, 0.29) is 10.8 Å². The highest BCUT2D eigenvalue weighted by Gasteiger charge is 2.13. The van der Waals surface area contributed by atoms with E-state index in [1.54, 1.807) is 31.3 Å². The number of rotatable bonds is 2. The quantitative estimate of drug-likeness (QED) is 0.780. The smallest absolute Gasteiger partial charge is 0.258 e. The van der Waals surface area contributed by atoms with Gasteiger partial charge < -0.3 is 9.63 Å². The van der Waals surface area contributed by atoms with E-state index in [4.69, 9.17) is 16.1 Å². The Hall–Kier alpha value is -2.47. The molecule has 0 aliphatic heterocycles. The molecule has 2 aromatic heterocycles. The maximum absolute atomic E-state index is 9.39. The van der Waals surface area contributed by atoms with Gasteiger partial charge >= 0.3 is 0 Å². The number of aromatic nitrogens is 4. The molecule has 0 saturated carbocycles. The molecule has 2 heterocycles. The third-order valence-electron chi connectivity index (χ3n) is 2.63. The Labute approximate surface area is 119 Å². The molecule has 0 spiro atoms.